The van der Waals surface area contributed by atoms with E-state index in [1.165, 1.54) is 24.5 Å². The van der Waals surface area contributed by atoms with Gasteiger partial charge in [-0.05, 0) is 24.3 Å². The van der Waals surface area contributed by atoms with Crippen LogP contribution in [-0.2, 0) is 15.9 Å². The van der Waals surface area contributed by atoms with E-state index in [9.17, 15) is 49.3 Å². The number of anilines is 2. The molecule has 0 radical (unpaired) electrons. The molecule has 0 aliphatic heterocycles. The number of benzene rings is 1. The summed E-state index contributed by atoms with van der Waals surface area (Å²) in [6, 6.07) is 4.72. The predicted molar refractivity (Wildman–Crippen MR) is 143 cm³/mol. The Balaban J connectivity index is 1.93. The second kappa shape index (κ2) is 11.4. The molecular weight excluding hydrogens is 614 g/mol. The number of pyridine rings is 2. The Hall–Kier alpha value is -5.29. The number of nitrogens with zero attached hydrogens (tertiary/aromatic N) is 4. The first-order valence-electron chi connectivity index (χ1n) is 11.6. The molecule has 3 heterocycles. The molecule has 0 saturated carbocycles. The second-order valence-corrected chi connectivity index (χ2v) is 10.2. The van der Waals surface area contributed by atoms with Crippen molar-refractivity contribution in [2.75, 3.05) is 17.6 Å². The highest BCUT2D eigenvalue weighted by atomic mass is 32.2. The van der Waals surface area contributed by atoms with Crippen LogP contribution < -0.4 is 30.4 Å². The first-order valence-corrected chi connectivity index (χ1v) is 13.1. The predicted octanol–water partition coefficient (Wildman–Crippen LogP) is -1.75. The minimum atomic E-state index is -4.72. The number of aromatic nitrogens is 4. The number of phenolic OH excluding ortho intramolecular Hbond substituents is 3. The molecule has 13 N–H and O–H groups in total. The number of hydrogen-bond donors (Lipinski definition) is 11. The van der Waals surface area contributed by atoms with Crippen LogP contribution in [0.15, 0.2) is 47.9 Å². The highest BCUT2D eigenvalue weighted by Crippen LogP contribution is 2.56. The molecule has 0 spiro atoms. The van der Waals surface area contributed by atoms with Gasteiger partial charge in [0.15, 0.2) is 28.2 Å². The van der Waals surface area contributed by atoms with Crippen molar-refractivity contribution < 1.29 is 63.5 Å². The Labute approximate surface area is 245 Å². The molecule has 0 amide bonds. The number of phenols is 3. The zero-order valence-corrected chi connectivity index (χ0v) is 22.8. The molecule has 0 aliphatic carbocycles. The van der Waals surface area contributed by atoms with Gasteiger partial charge in [0.2, 0.25) is 28.9 Å². The van der Waals surface area contributed by atoms with E-state index in [-0.39, 0.29) is 11.4 Å². The number of hydrogen-bond acceptors (Lipinski definition) is 19. The van der Waals surface area contributed by atoms with Crippen LogP contribution in [0, 0.1) is 0 Å². The highest BCUT2D eigenvalue weighted by Gasteiger charge is 2.34. The fourth-order valence-electron chi connectivity index (χ4n) is 3.41. The molecule has 0 saturated heterocycles. The summed E-state index contributed by atoms with van der Waals surface area (Å²) >= 11 is 0. The summed E-state index contributed by atoms with van der Waals surface area (Å²) < 4.78 is 43.9. The van der Waals surface area contributed by atoms with Crippen LogP contribution >= 0.6 is 0 Å². The van der Waals surface area contributed by atoms with Crippen LogP contribution in [0.4, 0.5) is 11.5 Å². The molecule has 234 valence electrons. The van der Waals surface area contributed by atoms with Crippen molar-refractivity contribution in [1.29, 1.82) is 0 Å². The van der Waals surface area contributed by atoms with Crippen LogP contribution in [-0.4, -0.2) is 82.5 Å². The van der Waals surface area contributed by atoms with Gasteiger partial charge >= 0.3 is 6.16 Å². The number of nitrogens with one attached hydrogen (secondary N) is 1. The summed E-state index contributed by atoms with van der Waals surface area (Å²) in [6.45, 7) is 0. The summed E-state index contributed by atoms with van der Waals surface area (Å²) in [4.78, 5) is 15.8. The van der Waals surface area contributed by atoms with Gasteiger partial charge in [0.1, 0.15) is 5.69 Å². The highest BCUT2D eigenvalue weighted by molar-refractivity contribution is 7.92. The monoisotopic (exact) mass is 637 g/mol. The van der Waals surface area contributed by atoms with E-state index in [1.807, 2.05) is 0 Å². The molecule has 1 aromatic carbocycles. The molecule has 0 atom stereocenters. The van der Waals surface area contributed by atoms with Crippen LogP contribution in [0.5, 0.6) is 40.4 Å². The van der Waals surface area contributed by atoms with Crippen molar-refractivity contribution in [2.45, 2.75) is 17.1 Å². The number of aliphatic hydroxyl groups is 5. The van der Waals surface area contributed by atoms with E-state index in [1.54, 1.807) is 0 Å². The maximum atomic E-state index is 13.3. The number of nitrogen functional groups attached to an aromatic ring is 1. The number of nitrogens with two attached hydrogens (primary N) is 2. The maximum Gasteiger partial charge on any atom is 0.453 e. The molecule has 0 bridgehead atoms. The van der Waals surface area contributed by atoms with E-state index in [4.69, 9.17) is 20.9 Å². The van der Waals surface area contributed by atoms with E-state index >= 15 is 0 Å². The third kappa shape index (κ3) is 6.52. The Morgan fingerprint density at radius 3 is 2.09 bits per heavy atom. The van der Waals surface area contributed by atoms with Crippen LogP contribution in [0.2, 0.25) is 0 Å². The third-order valence-electron chi connectivity index (χ3n) is 5.45. The molecule has 44 heavy (non-hydrogen) atoms. The number of sulfonamides is 1. The quantitative estimate of drug-likeness (QED) is 0.0397. The molecule has 0 aliphatic rings. The zero-order valence-electron chi connectivity index (χ0n) is 22.0. The minimum Gasteiger partial charge on any atom is -0.503 e. The first kappa shape index (κ1) is 31.6. The second-order valence-electron chi connectivity index (χ2n) is 8.58. The van der Waals surface area contributed by atoms with E-state index in [2.05, 4.69) is 29.4 Å². The zero-order chi connectivity index (χ0) is 32.6. The standard InChI is InChI=1S/C23H23N7O13S/c1-41-21-18(42-16-15(33)13(31)12(24)14(32)17(16)43-23(36,37)38)20(28-19(29-21)9-4-6-26-7-5-9)30-44(39,40)11-3-2-10(8-27-11)22(25,34)35/h2-8,31-38H,24-25H2,1H3,(H,28,29,30). The lowest BCUT2D eigenvalue weighted by Gasteiger charge is -2.22. The molecule has 4 aromatic rings. The van der Waals surface area contributed by atoms with Crippen LogP contribution in [0.3, 0.4) is 0 Å². The largest absolute Gasteiger partial charge is 0.503 e. The van der Waals surface area contributed by atoms with Crippen LogP contribution in [0.1, 0.15) is 5.56 Å². The SMILES string of the molecule is COc1nc(-c2ccncc2)nc(NS(=O)(=O)c2ccc(C(N)(O)O)cn2)c1Oc1c(O)c(O)c(N)c(O)c1OC(O)(O)O. The average molecular weight is 638 g/mol. The minimum absolute atomic E-state index is 0.171. The Morgan fingerprint density at radius 1 is 0.886 bits per heavy atom. The third-order valence-corrected chi connectivity index (χ3v) is 6.70. The fraction of sp³-hybridized carbons (Fsp3) is 0.130. The van der Waals surface area contributed by atoms with Gasteiger partial charge in [0.05, 0.1) is 7.11 Å². The lowest BCUT2D eigenvalue weighted by molar-refractivity contribution is -0.420. The Kier molecular flexibility index (Phi) is 8.21. The van der Waals surface area contributed by atoms with Crippen molar-refractivity contribution >= 4 is 21.5 Å². The number of ether oxygens (including phenoxy) is 3. The molecule has 21 heteroatoms. The molecule has 4 rings (SSSR count). The fourth-order valence-corrected chi connectivity index (χ4v) is 4.35. The summed E-state index contributed by atoms with van der Waals surface area (Å²) in [6.07, 6.45) is -0.487. The van der Waals surface area contributed by atoms with Crippen molar-refractivity contribution in [3.05, 3.63) is 48.4 Å². The van der Waals surface area contributed by atoms with E-state index in [0.29, 0.717) is 5.56 Å². The number of methoxy groups -OCH3 is 1. The Bertz CT molecular complexity index is 1800. The Morgan fingerprint density at radius 2 is 1.55 bits per heavy atom. The summed E-state index contributed by atoms with van der Waals surface area (Å²) in [5.74, 6) is -11.3. The lowest BCUT2D eigenvalue weighted by Crippen LogP contribution is -2.35. The average Bonchev–Trinajstić information content (AvgIpc) is 2.96. The smallest absolute Gasteiger partial charge is 0.453 e. The molecule has 20 nitrogen and oxygen atoms in total. The van der Waals surface area contributed by atoms with Gasteiger partial charge in [-0.2, -0.15) is 13.4 Å². The molecule has 0 unspecified atom stereocenters. The molecular formula is C23H23N7O13S. The van der Waals surface area contributed by atoms with Gasteiger partial charge in [0.25, 0.3) is 15.9 Å². The van der Waals surface area contributed by atoms with Gasteiger partial charge in [-0.3, -0.25) is 15.4 Å². The molecule has 3 aromatic heterocycles. The van der Waals surface area contributed by atoms with Gasteiger partial charge in [-0.1, -0.05) is 0 Å². The van der Waals surface area contributed by atoms with Gasteiger partial charge in [0, 0.05) is 29.7 Å². The normalized spacial score (nSPS) is 12.1. The summed E-state index contributed by atoms with van der Waals surface area (Å²) in [5.41, 5.74) is 9.63. The number of rotatable bonds is 10. The van der Waals surface area contributed by atoms with Crippen molar-refractivity contribution in [1.82, 2.24) is 19.9 Å². The van der Waals surface area contributed by atoms with E-state index in [0.717, 1.165) is 25.4 Å². The van der Waals surface area contributed by atoms with Gasteiger partial charge in [-0.15, -0.1) is 0 Å². The van der Waals surface area contributed by atoms with Gasteiger partial charge < -0.3 is 60.8 Å². The van der Waals surface area contributed by atoms with Crippen LogP contribution in [0.25, 0.3) is 11.4 Å². The van der Waals surface area contributed by atoms with Crippen molar-refractivity contribution in [3.63, 3.8) is 0 Å². The van der Waals surface area contributed by atoms with Crippen molar-refractivity contribution in [2.24, 2.45) is 5.73 Å². The van der Waals surface area contributed by atoms with Gasteiger partial charge in [-0.25, -0.2) is 9.97 Å². The maximum absolute atomic E-state index is 13.3. The topological polar surface area (TPSA) is 339 Å². The first-order chi connectivity index (χ1) is 20.4. The number of aromatic hydroxyl groups is 3. The van der Waals surface area contributed by atoms with E-state index < -0.39 is 79.0 Å². The molecule has 0 fully saturated rings. The summed E-state index contributed by atoms with van der Waals surface area (Å²) in [7, 11) is -3.65. The lowest BCUT2D eigenvalue weighted by atomic mass is 10.2. The van der Waals surface area contributed by atoms with Crippen molar-refractivity contribution in [3.8, 4) is 51.8 Å². The summed E-state index contributed by atoms with van der Waals surface area (Å²) in [5, 5.41) is 77.5.